The maximum absolute atomic E-state index is 12.8. The lowest BCUT2D eigenvalue weighted by atomic mass is 9.90. The summed E-state index contributed by atoms with van der Waals surface area (Å²) in [4.78, 5) is 22.6. The van der Waals surface area contributed by atoms with Gasteiger partial charge in [-0.1, -0.05) is 30.7 Å². The summed E-state index contributed by atoms with van der Waals surface area (Å²) in [6.07, 6.45) is 16.5. The van der Waals surface area contributed by atoms with Gasteiger partial charge in [0, 0.05) is 35.5 Å². The summed E-state index contributed by atoms with van der Waals surface area (Å²) < 4.78 is 10.8. The Balaban J connectivity index is 1.19. The number of hydrogen-bond acceptors (Lipinski definition) is 5. The number of allylic oxidation sites excluding steroid dienone is 2. The lowest BCUT2D eigenvalue weighted by Crippen LogP contribution is -2.29. The number of aromatic nitrogens is 1. The number of para-hydroxylation sites is 1. The number of methoxy groups -OCH3 is 1. The molecule has 1 amide bonds. The highest BCUT2D eigenvalue weighted by molar-refractivity contribution is 5.85. The van der Waals surface area contributed by atoms with Gasteiger partial charge in [-0.25, -0.2) is 0 Å². The summed E-state index contributed by atoms with van der Waals surface area (Å²) in [5, 5.41) is 3.05. The lowest BCUT2D eigenvalue weighted by Gasteiger charge is -2.18. The number of fused-ring (bicyclic) bond motifs is 1. The van der Waals surface area contributed by atoms with E-state index < -0.39 is 0 Å². The van der Waals surface area contributed by atoms with E-state index in [0.29, 0.717) is 12.5 Å². The van der Waals surface area contributed by atoms with Crippen LogP contribution in [0.2, 0.25) is 0 Å². The van der Waals surface area contributed by atoms with Crippen molar-refractivity contribution in [2.45, 2.75) is 70.3 Å². The number of hydrogen-bond donors (Lipinski definition) is 1. The first-order chi connectivity index (χ1) is 18.7. The molecule has 1 aromatic carbocycles. The number of carbonyl (C=O) groups is 1. The number of benzene rings is 1. The van der Waals surface area contributed by atoms with Crippen LogP contribution < -0.4 is 10.1 Å². The maximum atomic E-state index is 12.8. The molecule has 2 aliphatic rings. The molecule has 6 heteroatoms. The zero-order chi connectivity index (χ0) is 26.2. The number of carbonyl (C=O) groups excluding carboxylic acids is 1. The Morgan fingerprint density at radius 2 is 2.00 bits per heavy atom. The molecule has 0 bridgehead atoms. The first-order valence-electron chi connectivity index (χ1n) is 13.8. The van der Waals surface area contributed by atoms with Crippen LogP contribution in [0.4, 0.5) is 0 Å². The number of rotatable bonds is 9. The fourth-order valence-corrected chi connectivity index (χ4v) is 5.72. The van der Waals surface area contributed by atoms with Crippen molar-refractivity contribution in [3.63, 3.8) is 0 Å². The molecule has 0 radical (unpaired) electrons. The van der Waals surface area contributed by atoms with Gasteiger partial charge in [-0.05, 0) is 86.8 Å². The quantitative estimate of drug-likeness (QED) is 0.331. The highest BCUT2D eigenvalue weighted by Crippen LogP contribution is 2.36. The standard InChI is InChI=1S/C32H37N3O3/c1-37-30-13-3-2-7-24(30)8-5-11-27-17-16-23-18-19-33-31(29(23)22-34-27)25-9-4-10-26(15-14-25)32(36)35-21-28-12-6-20-38-28/h2-3,6-7,12-13,17-20,22,25-26H,4-5,8-11,14-16,21H2,1H3,(H,35,36). The highest BCUT2D eigenvalue weighted by Gasteiger charge is 2.27. The van der Waals surface area contributed by atoms with Crippen molar-refractivity contribution in [1.82, 2.24) is 10.3 Å². The Kier molecular flexibility index (Phi) is 8.69. The summed E-state index contributed by atoms with van der Waals surface area (Å²) in [6, 6.07) is 14.1. The van der Waals surface area contributed by atoms with Crippen molar-refractivity contribution < 1.29 is 13.9 Å². The number of aryl methyl sites for hydroxylation is 1. The van der Waals surface area contributed by atoms with Gasteiger partial charge in [-0.15, -0.1) is 0 Å². The van der Waals surface area contributed by atoms with E-state index >= 15 is 0 Å². The summed E-state index contributed by atoms with van der Waals surface area (Å²) in [5.41, 5.74) is 5.98. The number of nitrogens with zero attached hydrogens (tertiary/aromatic N) is 2. The predicted molar refractivity (Wildman–Crippen MR) is 149 cm³/mol. The van der Waals surface area contributed by atoms with Gasteiger partial charge in [0.25, 0.3) is 0 Å². The number of nitrogens with one attached hydrogen (secondary N) is 1. The SMILES string of the molecule is COc1ccccc1CCCC1=CCc2ccnc(C3CCCC(C(=O)NCc4ccco4)CC3)c2C=N1. The third kappa shape index (κ3) is 6.42. The smallest absolute Gasteiger partial charge is 0.223 e. The Morgan fingerprint density at radius 1 is 1.08 bits per heavy atom. The molecule has 198 valence electrons. The van der Waals surface area contributed by atoms with E-state index in [4.69, 9.17) is 19.1 Å². The third-order valence-electron chi connectivity index (χ3n) is 7.84. The van der Waals surface area contributed by atoms with Crippen LogP contribution in [0.25, 0.3) is 0 Å². The summed E-state index contributed by atoms with van der Waals surface area (Å²) in [7, 11) is 1.73. The van der Waals surface area contributed by atoms with Crippen LogP contribution in [-0.4, -0.2) is 24.2 Å². The van der Waals surface area contributed by atoms with Gasteiger partial charge >= 0.3 is 0 Å². The molecule has 38 heavy (non-hydrogen) atoms. The molecule has 1 saturated carbocycles. The molecule has 2 aromatic heterocycles. The number of pyridine rings is 1. The van der Waals surface area contributed by atoms with Crippen molar-refractivity contribution >= 4 is 12.1 Å². The van der Waals surface area contributed by atoms with Gasteiger partial charge in [0.1, 0.15) is 11.5 Å². The molecule has 6 nitrogen and oxygen atoms in total. The molecule has 3 aromatic rings. The molecule has 1 aliphatic carbocycles. The molecule has 3 heterocycles. The molecular weight excluding hydrogens is 474 g/mol. The first kappa shape index (κ1) is 26.0. The van der Waals surface area contributed by atoms with Crippen molar-refractivity contribution in [3.8, 4) is 5.75 Å². The zero-order valence-electron chi connectivity index (χ0n) is 22.2. The average Bonchev–Trinajstić information content (AvgIpc) is 3.23. The highest BCUT2D eigenvalue weighted by atomic mass is 16.5. The molecular formula is C32H37N3O3. The van der Waals surface area contributed by atoms with Gasteiger partial charge in [0.2, 0.25) is 5.91 Å². The van der Waals surface area contributed by atoms with Crippen molar-refractivity contribution in [1.29, 1.82) is 0 Å². The van der Waals surface area contributed by atoms with E-state index in [9.17, 15) is 4.79 Å². The molecule has 1 fully saturated rings. The van der Waals surface area contributed by atoms with Crippen LogP contribution in [0.5, 0.6) is 5.75 Å². The Labute approximate surface area is 225 Å². The molecule has 2 unspecified atom stereocenters. The summed E-state index contributed by atoms with van der Waals surface area (Å²) >= 11 is 0. The molecule has 1 N–H and O–H groups in total. The second-order valence-electron chi connectivity index (χ2n) is 10.3. The van der Waals surface area contributed by atoms with Crippen LogP contribution in [0.15, 0.2) is 76.1 Å². The Morgan fingerprint density at radius 3 is 2.87 bits per heavy atom. The number of amides is 1. The normalized spacial score (nSPS) is 19.1. The number of furan rings is 1. The second-order valence-corrected chi connectivity index (χ2v) is 10.3. The van der Waals surface area contributed by atoms with E-state index in [-0.39, 0.29) is 11.8 Å². The Hall–Kier alpha value is -3.67. The average molecular weight is 512 g/mol. The molecule has 1 aliphatic heterocycles. The monoisotopic (exact) mass is 511 g/mol. The lowest BCUT2D eigenvalue weighted by molar-refractivity contribution is -0.125. The van der Waals surface area contributed by atoms with Crippen LogP contribution in [-0.2, 0) is 24.2 Å². The largest absolute Gasteiger partial charge is 0.496 e. The van der Waals surface area contributed by atoms with Crippen molar-refractivity contribution in [2.24, 2.45) is 10.9 Å². The molecule has 0 spiro atoms. The topological polar surface area (TPSA) is 76.7 Å². The number of aliphatic imine (C=N–C) groups is 1. The van der Waals surface area contributed by atoms with Gasteiger partial charge in [0.15, 0.2) is 0 Å². The first-order valence-corrected chi connectivity index (χ1v) is 13.8. The minimum Gasteiger partial charge on any atom is -0.496 e. The van der Waals surface area contributed by atoms with E-state index in [0.717, 1.165) is 80.7 Å². The zero-order valence-corrected chi connectivity index (χ0v) is 22.2. The minimum absolute atomic E-state index is 0.0439. The molecule has 5 rings (SSSR count). The minimum atomic E-state index is 0.0439. The van der Waals surface area contributed by atoms with Gasteiger partial charge < -0.3 is 14.5 Å². The maximum Gasteiger partial charge on any atom is 0.223 e. The van der Waals surface area contributed by atoms with Crippen molar-refractivity contribution in [3.05, 3.63) is 94.8 Å². The Bertz CT molecular complexity index is 1280. The van der Waals surface area contributed by atoms with Crippen LogP contribution in [0.3, 0.4) is 0 Å². The predicted octanol–water partition coefficient (Wildman–Crippen LogP) is 6.55. The van der Waals surface area contributed by atoms with Gasteiger partial charge in [-0.3, -0.25) is 14.8 Å². The summed E-state index contributed by atoms with van der Waals surface area (Å²) in [5.74, 6) is 2.27. The van der Waals surface area contributed by atoms with E-state index in [2.05, 4.69) is 29.6 Å². The van der Waals surface area contributed by atoms with E-state index in [1.165, 1.54) is 16.7 Å². The second kappa shape index (κ2) is 12.7. The van der Waals surface area contributed by atoms with Crippen LogP contribution in [0.1, 0.15) is 79.0 Å². The fourth-order valence-electron chi connectivity index (χ4n) is 5.72. The van der Waals surface area contributed by atoms with Gasteiger partial charge in [0.05, 0.1) is 25.6 Å². The van der Waals surface area contributed by atoms with Gasteiger partial charge in [-0.2, -0.15) is 0 Å². The van der Waals surface area contributed by atoms with E-state index in [1.807, 2.05) is 36.7 Å². The molecule has 0 saturated heterocycles. The van der Waals surface area contributed by atoms with E-state index in [1.54, 1.807) is 13.4 Å². The summed E-state index contributed by atoms with van der Waals surface area (Å²) in [6.45, 7) is 0.449. The number of ether oxygens (including phenoxy) is 1. The van der Waals surface area contributed by atoms with Crippen LogP contribution >= 0.6 is 0 Å². The van der Waals surface area contributed by atoms with Crippen LogP contribution in [0, 0.1) is 5.92 Å². The molecule has 2 atom stereocenters. The third-order valence-corrected chi connectivity index (χ3v) is 7.84. The fraction of sp³-hybridized carbons (Fsp3) is 0.406. The van der Waals surface area contributed by atoms with Crippen molar-refractivity contribution in [2.75, 3.05) is 7.11 Å².